The Hall–Kier alpha value is 2.20. The summed E-state index contributed by atoms with van der Waals surface area (Å²) in [6, 6.07) is 0. The van der Waals surface area contributed by atoms with Gasteiger partial charge < -0.3 is 23.1 Å². The Kier molecular flexibility index (Phi) is 395. The molecule has 0 saturated carbocycles. The van der Waals surface area contributed by atoms with Crippen LogP contribution < -0.4 is 78.3 Å². The number of hydrogen-bond donors (Lipinski definition) is 0. The summed E-state index contributed by atoms with van der Waals surface area (Å²) in [6.07, 6.45) is 0. The van der Waals surface area contributed by atoms with Gasteiger partial charge in [0.25, 0.3) is 0 Å². The monoisotopic (exact) mass is 120 g/mol. The van der Waals surface area contributed by atoms with Gasteiger partial charge in [-0.1, -0.05) is 0 Å². The fourth-order valence-corrected chi connectivity index (χ4v) is 0. The van der Waals surface area contributed by atoms with Crippen molar-refractivity contribution in [2.24, 2.45) is 0 Å². The van der Waals surface area contributed by atoms with Gasteiger partial charge in [-0.25, -0.2) is 0 Å². The van der Waals surface area contributed by atoms with Crippen LogP contribution in [0.5, 0.6) is 0 Å². The van der Waals surface area contributed by atoms with Gasteiger partial charge in [0.2, 0.25) is 0 Å². The average molecular weight is 121 g/mol. The molecule has 0 rings (SSSR count). The zero-order chi connectivity index (χ0) is 0. The van der Waals surface area contributed by atoms with Crippen molar-refractivity contribution in [2.75, 3.05) is 0 Å². The summed E-state index contributed by atoms with van der Waals surface area (Å²) in [5, 5.41) is 0. The van der Waals surface area contributed by atoms with E-state index in [0.29, 0.717) is 0 Å². The van der Waals surface area contributed by atoms with E-state index in [1.165, 1.54) is 0 Å². The molecule has 0 saturated heterocycles. The second-order valence-corrected chi connectivity index (χ2v) is 0. The smallest absolute Gasteiger partial charge is 1.00 e. The van der Waals surface area contributed by atoms with E-state index < -0.39 is 0 Å². The van der Waals surface area contributed by atoms with Gasteiger partial charge in [-0.15, -0.1) is 0 Å². The van der Waals surface area contributed by atoms with Crippen LogP contribution in [0.15, 0.2) is 0 Å². The maximum atomic E-state index is 0. The predicted octanol–water partition coefficient (Wildman–Crippen LogP) is -14.9. The molecule has 18 valence electrons. The number of hydrogen-bond acceptors (Lipinski definition) is 0. The van der Waals surface area contributed by atoms with Gasteiger partial charge in [0.1, 0.15) is 0 Å². The molecule has 0 aliphatic rings. The molecular formula is HBrFLi3. The topological polar surface area (TPSA) is 0 Å². The van der Waals surface area contributed by atoms with Gasteiger partial charge in [-0.05, 0) is 0 Å². The van der Waals surface area contributed by atoms with Crippen molar-refractivity contribution in [3.8, 4) is 0 Å². The summed E-state index contributed by atoms with van der Waals surface area (Å²) in [7, 11) is 0. The molecule has 0 bridgehead atoms. The molecule has 0 nitrogen and oxygen atoms in total. The van der Waals surface area contributed by atoms with Crippen LogP contribution >= 0.6 is 0 Å². The third kappa shape index (κ3) is 22.6. The molecule has 0 aliphatic heterocycles. The molecule has 0 heterocycles. The minimum Gasteiger partial charge on any atom is -1.00 e. The standard InChI is InChI=1S/BrH.FH.3Li.H/h2*1H;;;;/q;;3*+1;-1/p-2. The zero-order valence-electron chi connectivity index (χ0n) is 4.76. The van der Waals surface area contributed by atoms with Gasteiger partial charge in [0.05, 0.1) is 0 Å². The molecule has 0 spiro atoms. The zero-order valence-corrected chi connectivity index (χ0v) is 5.34. The van der Waals surface area contributed by atoms with E-state index in [4.69, 9.17) is 0 Å². The fourth-order valence-electron chi connectivity index (χ4n) is 0. The van der Waals surface area contributed by atoms with E-state index in [1.54, 1.807) is 0 Å². The predicted molar refractivity (Wildman–Crippen MR) is 1.11 cm³/mol. The summed E-state index contributed by atoms with van der Waals surface area (Å²) in [6.45, 7) is 0. The molecule has 0 aliphatic carbocycles. The molecule has 5 heavy (non-hydrogen) atoms. The SMILES string of the molecule is [Br-].[F-].[H-].[Li+].[Li+].[Li+]. The molecule has 0 fully saturated rings. The summed E-state index contributed by atoms with van der Waals surface area (Å²) < 4.78 is 0. The fraction of sp³-hybridized carbons (Fsp3) is 0. The van der Waals surface area contributed by atoms with Crippen LogP contribution in [-0.2, 0) is 0 Å². The maximum absolute atomic E-state index is 0. The summed E-state index contributed by atoms with van der Waals surface area (Å²) in [5.41, 5.74) is 0. The first-order valence-corrected chi connectivity index (χ1v) is 0. The number of rotatable bonds is 0. The first-order chi connectivity index (χ1) is 0. The third-order valence-corrected chi connectivity index (χ3v) is 0. The molecule has 0 aromatic carbocycles. The Balaban J connectivity index is 0. The van der Waals surface area contributed by atoms with Gasteiger partial charge >= 0.3 is 56.6 Å². The largest absolute Gasteiger partial charge is 1.00 e. The van der Waals surface area contributed by atoms with Crippen LogP contribution in [0.2, 0.25) is 0 Å². The van der Waals surface area contributed by atoms with E-state index >= 15 is 0 Å². The maximum Gasteiger partial charge on any atom is 1.00 e. The van der Waals surface area contributed by atoms with Crippen molar-refractivity contribution in [3.05, 3.63) is 0 Å². The third-order valence-electron chi connectivity index (χ3n) is 0. The molecule has 0 amide bonds. The van der Waals surface area contributed by atoms with E-state index in [1.807, 2.05) is 0 Å². The van der Waals surface area contributed by atoms with Crippen LogP contribution in [0.1, 0.15) is 1.43 Å². The first kappa shape index (κ1) is 57.1. The van der Waals surface area contributed by atoms with Crippen molar-refractivity contribution in [1.82, 2.24) is 0 Å². The Bertz CT molecular complexity index is 10.8. The Morgan fingerprint density at radius 3 is 0.800 bits per heavy atom. The Morgan fingerprint density at radius 1 is 0.800 bits per heavy atom. The van der Waals surface area contributed by atoms with Gasteiger partial charge in [-0.3, -0.25) is 0 Å². The van der Waals surface area contributed by atoms with Crippen molar-refractivity contribution < 1.29 is 79.7 Å². The van der Waals surface area contributed by atoms with E-state index in [0.717, 1.165) is 0 Å². The van der Waals surface area contributed by atoms with Crippen LogP contribution in [0.25, 0.3) is 0 Å². The molecular weight excluding hydrogens is 120 g/mol. The minimum atomic E-state index is 0. The molecule has 0 aromatic heterocycles. The molecule has 0 unspecified atom stereocenters. The van der Waals surface area contributed by atoms with Crippen molar-refractivity contribution >= 4 is 0 Å². The van der Waals surface area contributed by atoms with Crippen LogP contribution in [0.3, 0.4) is 0 Å². The van der Waals surface area contributed by atoms with Crippen LogP contribution in [0.4, 0.5) is 0 Å². The average Bonchev–Trinajstić information content (AvgIpc) is 0. The molecule has 0 aromatic rings. The van der Waals surface area contributed by atoms with Gasteiger partial charge in [0, 0.05) is 0 Å². The van der Waals surface area contributed by atoms with Crippen LogP contribution in [-0.4, -0.2) is 0 Å². The van der Waals surface area contributed by atoms with Crippen molar-refractivity contribution in [2.45, 2.75) is 0 Å². The summed E-state index contributed by atoms with van der Waals surface area (Å²) in [5.74, 6) is 0. The minimum absolute atomic E-state index is 0. The molecule has 0 radical (unpaired) electrons. The van der Waals surface area contributed by atoms with E-state index in [2.05, 4.69) is 0 Å². The Labute approximate surface area is 79.0 Å². The van der Waals surface area contributed by atoms with Gasteiger partial charge in [0.15, 0.2) is 0 Å². The van der Waals surface area contributed by atoms with Gasteiger partial charge in [-0.2, -0.15) is 0 Å². The van der Waals surface area contributed by atoms with Crippen molar-refractivity contribution in [1.29, 1.82) is 0 Å². The molecule has 5 heteroatoms. The quantitative estimate of drug-likeness (QED) is 0.279. The van der Waals surface area contributed by atoms with E-state index in [9.17, 15) is 0 Å². The number of halogens is 2. The first-order valence-electron chi connectivity index (χ1n) is 0. The van der Waals surface area contributed by atoms with Crippen LogP contribution in [0, 0.1) is 0 Å². The van der Waals surface area contributed by atoms with Crippen molar-refractivity contribution in [3.63, 3.8) is 0 Å². The normalized spacial score (nSPS) is 0. The van der Waals surface area contributed by atoms with E-state index in [-0.39, 0.29) is 79.7 Å². The second kappa shape index (κ2) is 34.6. The second-order valence-electron chi connectivity index (χ2n) is 0. The summed E-state index contributed by atoms with van der Waals surface area (Å²) in [4.78, 5) is 0. The molecule has 0 atom stereocenters. The Morgan fingerprint density at radius 2 is 0.800 bits per heavy atom. The molecule has 0 N–H and O–H groups in total. The summed E-state index contributed by atoms with van der Waals surface area (Å²) >= 11 is 0.